The molecule has 0 bridgehead atoms. The molecule has 10 heteroatoms. The normalized spacial score (nSPS) is 20.4. The standard InChI is InChI=1S/C25H32IN8S/c1-18-16-34-22(19-7-8-26-28-14-19)15-27-25(34)24(29-18)30-23-13-20(31-35-23)17-32-9-11-33(12-10-32)21-5-3-2-4-6-21/h7-8,13-16,21,28H,2-6,9-12,17H2,1H3,(H,29,30)/q-1. The van der Waals surface area contributed by atoms with Crippen molar-refractivity contribution < 1.29 is 21.5 Å². The second-order valence-corrected chi connectivity index (χ2v) is 12.4. The third kappa shape index (κ3) is 5.25. The van der Waals surface area contributed by atoms with Gasteiger partial charge < -0.3 is 0 Å². The monoisotopic (exact) mass is 603 g/mol. The maximum absolute atomic E-state index is 4.75. The molecule has 1 saturated heterocycles. The molecule has 3 aliphatic rings. The summed E-state index contributed by atoms with van der Waals surface area (Å²) in [5, 5.41) is 4.51. The van der Waals surface area contributed by atoms with Crippen LogP contribution < -0.4 is 30.3 Å². The summed E-state index contributed by atoms with van der Waals surface area (Å²) in [6.45, 7) is 7.58. The molecule has 1 aliphatic carbocycles. The number of piperazine rings is 1. The Balaban J connectivity index is 1.12. The molecule has 3 aromatic heterocycles. The Kier molecular flexibility index (Phi) is 7.04. The first kappa shape index (κ1) is 23.4. The molecule has 186 valence electrons. The number of nitrogens with one attached hydrogen (secondary N) is 2. The Labute approximate surface area is 221 Å². The van der Waals surface area contributed by atoms with Gasteiger partial charge >= 0.3 is 148 Å². The zero-order valence-corrected chi connectivity index (χ0v) is 23.1. The quantitative estimate of drug-likeness (QED) is 0.324. The third-order valence-electron chi connectivity index (χ3n) is 7.17. The molecule has 1 saturated carbocycles. The van der Waals surface area contributed by atoms with Crippen molar-refractivity contribution in [2.24, 2.45) is 0 Å². The van der Waals surface area contributed by atoms with Gasteiger partial charge in [-0.05, 0) is 12.8 Å². The van der Waals surface area contributed by atoms with E-state index in [-0.39, 0.29) is 21.5 Å². The molecule has 2 aliphatic heterocycles. The summed E-state index contributed by atoms with van der Waals surface area (Å²) in [6, 6.07) is 2.99. The number of nitrogens with zero attached hydrogens (tertiary/aromatic N) is 6. The number of halogens is 1. The molecule has 0 spiro atoms. The van der Waals surface area contributed by atoms with Crippen LogP contribution in [-0.4, -0.2) is 60.8 Å². The molecule has 5 heterocycles. The predicted octanol–water partition coefficient (Wildman–Crippen LogP) is 1.15. The first-order chi connectivity index (χ1) is 17.2. The molecule has 8 nitrogen and oxygen atoms in total. The van der Waals surface area contributed by atoms with Crippen LogP contribution in [0.1, 0.15) is 49.2 Å². The summed E-state index contributed by atoms with van der Waals surface area (Å²) in [5.41, 5.74) is 5.11. The molecule has 2 N–H and O–H groups in total. The van der Waals surface area contributed by atoms with Crippen LogP contribution in [0.25, 0.3) is 11.2 Å². The fourth-order valence-corrected chi connectivity index (χ4v) is 7.31. The number of aryl methyl sites for hydroxylation is 1. The van der Waals surface area contributed by atoms with Gasteiger partial charge in [-0.25, -0.2) is 0 Å². The van der Waals surface area contributed by atoms with Crippen molar-refractivity contribution in [3.05, 3.63) is 51.9 Å². The first-order valence-electron chi connectivity index (χ1n) is 12.5. The van der Waals surface area contributed by atoms with Crippen LogP contribution in [0, 0.1) is 6.92 Å². The van der Waals surface area contributed by atoms with Gasteiger partial charge in [0.1, 0.15) is 0 Å². The van der Waals surface area contributed by atoms with Gasteiger partial charge in [0.25, 0.3) is 0 Å². The van der Waals surface area contributed by atoms with E-state index < -0.39 is 0 Å². The van der Waals surface area contributed by atoms with Gasteiger partial charge in [0.05, 0.1) is 0 Å². The molecule has 0 aromatic carbocycles. The Morgan fingerprint density at radius 1 is 1.17 bits per heavy atom. The van der Waals surface area contributed by atoms with Crippen LogP contribution in [0.3, 0.4) is 0 Å². The SMILES string of the molecule is Cc1cn2c(C3=CN[I-]C=C3)cnc2c(Nc2cc(CN3CCN(C4CCCCC4)CC3)ns2)n1. The Morgan fingerprint density at radius 3 is 2.83 bits per heavy atom. The number of aromatic nitrogens is 4. The van der Waals surface area contributed by atoms with Crippen LogP contribution in [0.2, 0.25) is 0 Å². The summed E-state index contributed by atoms with van der Waals surface area (Å²) in [5.74, 6) is 0.772. The molecule has 0 radical (unpaired) electrons. The van der Waals surface area contributed by atoms with Gasteiger partial charge in [-0.1, -0.05) is 19.3 Å². The van der Waals surface area contributed by atoms with Gasteiger partial charge in [0, 0.05) is 32.2 Å². The van der Waals surface area contributed by atoms with E-state index in [2.05, 4.69) is 45.5 Å². The van der Waals surface area contributed by atoms with Crippen molar-refractivity contribution in [2.75, 3.05) is 31.5 Å². The van der Waals surface area contributed by atoms with Gasteiger partial charge in [-0.15, -0.1) is 0 Å². The number of rotatable bonds is 6. The zero-order valence-electron chi connectivity index (χ0n) is 20.1. The number of hydrogen-bond donors (Lipinski definition) is 2. The van der Waals surface area contributed by atoms with Gasteiger partial charge in [0.2, 0.25) is 0 Å². The summed E-state index contributed by atoms with van der Waals surface area (Å²) in [6.07, 6.45) is 15.3. The summed E-state index contributed by atoms with van der Waals surface area (Å²) >= 11 is 1.44. The number of imidazole rings is 1. The molecule has 3 aromatic rings. The van der Waals surface area contributed by atoms with Gasteiger partial charge in [-0.3, -0.25) is 9.80 Å². The molecule has 2 fully saturated rings. The van der Waals surface area contributed by atoms with E-state index in [0.717, 1.165) is 64.8 Å². The third-order valence-corrected chi connectivity index (χ3v) is 9.30. The average Bonchev–Trinajstić information content (AvgIpc) is 3.52. The van der Waals surface area contributed by atoms with Crippen molar-refractivity contribution in [3.8, 4) is 0 Å². The molecule has 6 rings (SSSR count). The zero-order chi connectivity index (χ0) is 23.6. The first-order valence-corrected chi connectivity index (χ1v) is 15.6. The van der Waals surface area contributed by atoms with Crippen molar-refractivity contribution in [3.63, 3.8) is 0 Å². The number of anilines is 2. The van der Waals surface area contributed by atoms with Crippen LogP contribution in [0.15, 0.2) is 34.8 Å². The van der Waals surface area contributed by atoms with Crippen molar-refractivity contribution >= 4 is 33.6 Å². The number of allylic oxidation sites excluding steroid dienone is 2. The van der Waals surface area contributed by atoms with E-state index in [9.17, 15) is 0 Å². The molecular weight excluding hydrogens is 571 g/mol. The molecular formula is C25H32IN8S-. The number of hydrogen-bond acceptors (Lipinski definition) is 8. The van der Waals surface area contributed by atoms with Crippen molar-refractivity contribution in [1.29, 1.82) is 0 Å². The predicted molar refractivity (Wildman–Crippen MR) is 137 cm³/mol. The fraction of sp³-hybridized carbons (Fsp3) is 0.480. The fourth-order valence-electron chi connectivity index (χ4n) is 5.36. The minimum absolute atomic E-state index is 0.0641. The van der Waals surface area contributed by atoms with E-state index in [4.69, 9.17) is 14.3 Å². The van der Waals surface area contributed by atoms with E-state index in [0.29, 0.717) is 0 Å². The Hall–Kier alpha value is -2.02. The molecule has 35 heavy (non-hydrogen) atoms. The van der Waals surface area contributed by atoms with E-state index in [1.54, 1.807) is 0 Å². The van der Waals surface area contributed by atoms with Crippen LogP contribution in [0.5, 0.6) is 0 Å². The van der Waals surface area contributed by atoms with Gasteiger partial charge in [-0.2, -0.15) is 0 Å². The van der Waals surface area contributed by atoms with Crippen LogP contribution in [-0.2, 0) is 6.54 Å². The van der Waals surface area contributed by atoms with E-state index in [1.807, 2.05) is 19.3 Å². The Morgan fingerprint density at radius 2 is 2.03 bits per heavy atom. The van der Waals surface area contributed by atoms with Crippen LogP contribution in [0.4, 0.5) is 10.8 Å². The molecule has 0 atom stereocenters. The maximum atomic E-state index is 4.75. The van der Waals surface area contributed by atoms with Gasteiger partial charge in [0.15, 0.2) is 0 Å². The van der Waals surface area contributed by atoms with Crippen molar-refractivity contribution in [2.45, 2.75) is 51.6 Å². The number of fused-ring (bicyclic) bond motifs is 1. The topological polar surface area (TPSA) is 73.6 Å². The summed E-state index contributed by atoms with van der Waals surface area (Å²) < 4.78 is 12.5. The minimum atomic E-state index is -0.0641. The summed E-state index contributed by atoms with van der Waals surface area (Å²) in [4.78, 5) is 14.7. The molecule has 0 amide bonds. The molecule has 0 unspecified atom stereocenters. The van der Waals surface area contributed by atoms with E-state index >= 15 is 0 Å². The summed E-state index contributed by atoms with van der Waals surface area (Å²) in [7, 11) is 0. The second kappa shape index (κ2) is 10.5. The second-order valence-electron chi connectivity index (χ2n) is 9.59. The van der Waals surface area contributed by atoms with Crippen LogP contribution >= 0.6 is 11.5 Å². The Bertz CT molecular complexity index is 1230. The van der Waals surface area contributed by atoms with Crippen molar-refractivity contribution in [1.82, 2.24) is 32.1 Å². The average molecular weight is 604 g/mol. The van der Waals surface area contributed by atoms with E-state index in [1.165, 1.54) is 56.7 Å².